The highest BCUT2D eigenvalue weighted by atomic mass is 79.9. The Bertz CT molecular complexity index is 569. The van der Waals surface area contributed by atoms with Crippen LogP contribution in [-0.4, -0.2) is 21.0 Å². The van der Waals surface area contributed by atoms with Crippen molar-refractivity contribution in [3.8, 4) is 0 Å². The lowest BCUT2D eigenvalue weighted by molar-refractivity contribution is 0.405. The van der Waals surface area contributed by atoms with Gasteiger partial charge in [0.25, 0.3) is 0 Å². The zero-order valence-corrected chi connectivity index (χ0v) is 14.0. The smallest absolute Gasteiger partial charge is 0.241 e. The second-order valence-electron chi connectivity index (χ2n) is 5.42. The Morgan fingerprint density at radius 1 is 1.40 bits per heavy atom. The van der Waals surface area contributed by atoms with Crippen molar-refractivity contribution < 1.29 is 8.42 Å². The van der Waals surface area contributed by atoms with Gasteiger partial charge in [-0.25, -0.2) is 13.1 Å². The van der Waals surface area contributed by atoms with Crippen molar-refractivity contribution in [2.75, 3.05) is 6.54 Å². The second-order valence-corrected chi connectivity index (χ2v) is 8.02. The summed E-state index contributed by atoms with van der Waals surface area (Å²) in [5, 5.41) is 0. The van der Waals surface area contributed by atoms with Gasteiger partial charge in [0.1, 0.15) is 0 Å². The van der Waals surface area contributed by atoms with Crippen LogP contribution in [0.15, 0.2) is 27.6 Å². The highest BCUT2D eigenvalue weighted by Crippen LogP contribution is 2.29. The lowest BCUT2D eigenvalue weighted by atomic mass is 9.99. The summed E-state index contributed by atoms with van der Waals surface area (Å²) in [4.78, 5) is 0.323. The molecule has 1 aliphatic rings. The minimum absolute atomic E-state index is 0.166. The zero-order chi connectivity index (χ0) is 14.8. The molecule has 1 fully saturated rings. The molecular weight excluding hydrogens is 340 g/mol. The Morgan fingerprint density at radius 2 is 2.05 bits per heavy atom. The summed E-state index contributed by atoms with van der Waals surface area (Å²) in [6.45, 7) is 2.14. The van der Waals surface area contributed by atoms with Gasteiger partial charge in [0, 0.05) is 17.1 Å². The van der Waals surface area contributed by atoms with E-state index in [4.69, 9.17) is 5.73 Å². The van der Waals surface area contributed by atoms with Gasteiger partial charge in [-0.05, 0) is 43.4 Å². The molecule has 1 aromatic carbocycles. The number of nitrogens with two attached hydrogens (primary N) is 1. The number of rotatable bonds is 5. The van der Waals surface area contributed by atoms with Gasteiger partial charge in [-0.15, -0.1) is 0 Å². The predicted molar refractivity (Wildman–Crippen MR) is 84.0 cm³/mol. The summed E-state index contributed by atoms with van der Waals surface area (Å²) in [5.41, 5.74) is 6.51. The number of hydrogen-bond donors (Lipinski definition) is 2. The topological polar surface area (TPSA) is 72.2 Å². The zero-order valence-electron chi connectivity index (χ0n) is 11.6. The molecule has 112 valence electrons. The van der Waals surface area contributed by atoms with Crippen molar-refractivity contribution in [3.05, 3.63) is 28.2 Å². The normalized spacial score (nSPS) is 18.4. The van der Waals surface area contributed by atoms with Crippen LogP contribution in [0.2, 0.25) is 0 Å². The van der Waals surface area contributed by atoms with Gasteiger partial charge in [-0.1, -0.05) is 34.8 Å². The lowest BCUT2D eigenvalue weighted by Crippen LogP contribution is -2.44. The summed E-state index contributed by atoms with van der Waals surface area (Å²) in [6, 6.07) is 5.11. The van der Waals surface area contributed by atoms with E-state index in [2.05, 4.69) is 20.7 Å². The van der Waals surface area contributed by atoms with E-state index >= 15 is 0 Å². The summed E-state index contributed by atoms with van der Waals surface area (Å²) >= 11 is 3.32. The van der Waals surface area contributed by atoms with Crippen LogP contribution in [0.3, 0.4) is 0 Å². The van der Waals surface area contributed by atoms with E-state index in [1.54, 1.807) is 19.1 Å². The maximum atomic E-state index is 12.5. The van der Waals surface area contributed by atoms with Gasteiger partial charge in [-0.3, -0.25) is 0 Å². The van der Waals surface area contributed by atoms with Crippen LogP contribution in [0.5, 0.6) is 0 Å². The third-order valence-electron chi connectivity index (χ3n) is 3.97. The highest BCUT2D eigenvalue weighted by Gasteiger charge is 2.29. The van der Waals surface area contributed by atoms with Gasteiger partial charge in [-0.2, -0.15) is 0 Å². The number of benzene rings is 1. The Kier molecular flexibility index (Phi) is 5.23. The third kappa shape index (κ3) is 3.61. The van der Waals surface area contributed by atoms with Crippen LogP contribution in [0.4, 0.5) is 0 Å². The fourth-order valence-electron chi connectivity index (χ4n) is 2.82. The van der Waals surface area contributed by atoms with Gasteiger partial charge < -0.3 is 5.73 Å². The number of hydrogen-bond acceptors (Lipinski definition) is 3. The quantitative estimate of drug-likeness (QED) is 0.847. The van der Waals surface area contributed by atoms with Gasteiger partial charge in [0.2, 0.25) is 10.0 Å². The van der Waals surface area contributed by atoms with Crippen molar-refractivity contribution in [2.45, 2.75) is 43.5 Å². The second kappa shape index (κ2) is 6.56. The van der Waals surface area contributed by atoms with E-state index in [0.717, 1.165) is 22.9 Å². The molecule has 4 nitrogen and oxygen atoms in total. The van der Waals surface area contributed by atoms with E-state index in [9.17, 15) is 8.42 Å². The van der Waals surface area contributed by atoms with Crippen LogP contribution in [0.1, 0.15) is 31.2 Å². The summed E-state index contributed by atoms with van der Waals surface area (Å²) in [6.07, 6.45) is 4.45. The van der Waals surface area contributed by atoms with E-state index in [1.165, 1.54) is 12.8 Å². The van der Waals surface area contributed by atoms with Gasteiger partial charge in [0.05, 0.1) is 4.90 Å². The Morgan fingerprint density at radius 3 is 2.65 bits per heavy atom. The first kappa shape index (κ1) is 15.9. The first-order valence-electron chi connectivity index (χ1n) is 6.92. The number of halogens is 1. The fourth-order valence-corrected chi connectivity index (χ4v) is 4.92. The lowest BCUT2D eigenvalue weighted by Gasteiger charge is -2.23. The molecule has 0 saturated heterocycles. The SMILES string of the molecule is Cc1ccc(Br)cc1S(=O)(=O)NC(CN)C1CCCC1. The molecule has 1 unspecified atom stereocenters. The van der Waals surface area contributed by atoms with Crippen molar-refractivity contribution in [1.29, 1.82) is 0 Å². The average Bonchev–Trinajstić information content (AvgIpc) is 2.92. The Balaban J connectivity index is 2.23. The molecular formula is C14H21BrN2O2S. The monoisotopic (exact) mass is 360 g/mol. The molecule has 3 N–H and O–H groups in total. The molecule has 1 atom stereocenters. The first-order valence-corrected chi connectivity index (χ1v) is 9.20. The largest absolute Gasteiger partial charge is 0.329 e. The maximum absolute atomic E-state index is 12.5. The van der Waals surface area contributed by atoms with Crippen LogP contribution >= 0.6 is 15.9 Å². The molecule has 0 bridgehead atoms. The predicted octanol–water partition coefficient (Wildman–Crippen LogP) is 2.55. The van der Waals surface area contributed by atoms with Crippen molar-refractivity contribution in [1.82, 2.24) is 4.72 Å². The average molecular weight is 361 g/mol. The van der Waals surface area contributed by atoms with Crippen molar-refractivity contribution in [2.24, 2.45) is 11.7 Å². The third-order valence-corrected chi connectivity index (χ3v) is 6.09. The molecule has 0 amide bonds. The molecule has 6 heteroatoms. The van der Waals surface area contributed by atoms with Crippen LogP contribution in [0.25, 0.3) is 0 Å². The number of sulfonamides is 1. The van der Waals surface area contributed by atoms with Crippen LogP contribution in [0, 0.1) is 12.8 Å². The maximum Gasteiger partial charge on any atom is 0.241 e. The van der Waals surface area contributed by atoms with Gasteiger partial charge >= 0.3 is 0 Å². The Hall–Kier alpha value is -0.430. The number of aryl methyl sites for hydroxylation is 1. The van der Waals surface area contributed by atoms with E-state index in [0.29, 0.717) is 17.4 Å². The molecule has 1 aliphatic carbocycles. The Labute approximate surface area is 129 Å². The summed E-state index contributed by atoms with van der Waals surface area (Å²) in [5.74, 6) is 0.363. The van der Waals surface area contributed by atoms with Crippen molar-refractivity contribution >= 4 is 26.0 Å². The highest BCUT2D eigenvalue weighted by molar-refractivity contribution is 9.10. The van der Waals surface area contributed by atoms with Crippen molar-refractivity contribution in [3.63, 3.8) is 0 Å². The summed E-state index contributed by atoms with van der Waals surface area (Å²) in [7, 11) is -3.52. The standard InChI is InChI=1S/C14H21BrN2O2S/c1-10-6-7-12(15)8-14(10)20(18,19)17-13(9-16)11-4-2-3-5-11/h6-8,11,13,17H,2-5,9,16H2,1H3. The molecule has 0 spiro atoms. The summed E-state index contributed by atoms with van der Waals surface area (Å²) < 4.78 is 28.6. The van der Waals surface area contributed by atoms with Gasteiger partial charge in [0.15, 0.2) is 0 Å². The molecule has 2 rings (SSSR count). The minimum atomic E-state index is -3.52. The van der Waals surface area contributed by atoms with Crippen LogP contribution < -0.4 is 10.5 Å². The number of nitrogens with one attached hydrogen (secondary N) is 1. The minimum Gasteiger partial charge on any atom is -0.329 e. The van der Waals surface area contributed by atoms with E-state index < -0.39 is 10.0 Å². The fraction of sp³-hybridized carbons (Fsp3) is 0.571. The molecule has 1 aromatic rings. The molecule has 0 radical (unpaired) electrons. The van der Waals surface area contributed by atoms with E-state index in [1.807, 2.05) is 6.07 Å². The molecule has 0 aromatic heterocycles. The first-order chi connectivity index (χ1) is 9.44. The molecule has 0 aliphatic heterocycles. The molecule has 1 saturated carbocycles. The van der Waals surface area contributed by atoms with Crippen LogP contribution in [-0.2, 0) is 10.0 Å². The molecule has 20 heavy (non-hydrogen) atoms. The molecule has 0 heterocycles. The van der Waals surface area contributed by atoms with E-state index in [-0.39, 0.29) is 6.04 Å².